The van der Waals surface area contributed by atoms with Crippen molar-refractivity contribution >= 4 is 62.5 Å². The van der Waals surface area contributed by atoms with Crippen LogP contribution in [-0.4, -0.2) is 18.8 Å². The van der Waals surface area contributed by atoms with E-state index in [4.69, 9.17) is 27.9 Å². The van der Waals surface area contributed by atoms with E-state index >= 15 is 0 Å². The second-order valence-electron chi connectivity index (χ2n) is 6.51. The first-order valence-electron chi connectivity index (χ1n) is 8.84. The van der Waals surface area contributed by atoms with Crippen LogP contribution < -0.4 is 9.46 Å². The SMILES string of the molecule is CSNC(=O)c1sc2cc(Cl)ccc2c1CCCOc1cc(C)c(Cl)c(C)c1. The second kappa shape index (κ2) is 9.40. The van der Waals surface area contributed by atoms with E-state index in [1.807, 2.05) is 50.4 Å². The summed E-state index contributed by atoms with van der Waals surface area (Å²) in [7, 11) is 0. The van der Waals surface area contributed by atoms with Crippen molar-refractivity contribution in [1.82, 2.24) is 4.72 Å². The molecule has 28 heavy (non-hydrogen) atoms. The summed E-state index contributed by atoms with van der Waals surface area (Å²) >= 11 is 15.1. The van der Waals surface area contributed by atoms with Crippen LogP contribution in [0.1, 0.15) is 32.8 Å². The Balaban J connectivity index is 1.74. The van der Waals surface area contributed by atoms with Gasteiger partial charge < -0.3 is 4.74 Å². The molecule has 3 rings (SSSR count). The monoisotopic (exact) mass is 453 g/mol. The fourth-order valence-electron chi connectivity index (χ4n) is 3.12. The van der Waals surface area contributed by atoms with Gasteiger partial charge in [-0.2, -0.15) is 0 Å². The molecule has 1 N–H and O–H groups in total. The maximum absolute atomic E-state index is 12.5. The van der Waals surface area contributed by atoms with Gasteiger partial charge in [-0.15, -0.1) is 11.3 Å². The number of carbonyl (C=O) groups excluding carboxylic acids is 1. The molecule has 3 aromatic rings. The molecule has 0 atom stereocenters. The van der Waals surface area contributed by atoms with E-state index in [9.17, 15) is 4.79 Å². The van der Waals surface area contributed by atoms with Crippen molar-refractivity contribution in [1.29, 1.82) is 0 Å². The van der Waals surface area contributed by atoms with E-state index in [1.165, 1.54) is 23.3 Å². The summed E-state index contributed by atoms with van der Waals surface area (Å²) in [6.45, 7) is 4.51. The van der Waals surface area contributed by atoms with Crippen molar-refractivity contribution in [3.8, 4) is 5.75 Å². The first-order chi connectivity index (χ1) is 13.4. The van der Waals surface area contributed by atoms with Crippen LogP contribution in [0, 0.1) is 13.8 Å². The first kappa shape index (κ1) is 21.3. The maximum Gasteiger partial charge on any atom is 0.271 e. The van der Waals surface area contributed by atoms with E-state index in [0.717, 1.165) is 55.3 Å². The number of nitrogens with one attached hydrogen (secondary N) is 1. The van der Waals surface area contributed by atoms with Crippen molar-refractivity contribution in [3.63, 3.8) is 0 Å². The average Bonchev–Trinajstić information content (AvgIpc) is 3.01. The van der Waals surface area contributed by atoms with Crippen molar-refractivity contribution in [2.45, 2.75) is 26.7 Å². The number of hydrogen-bond acceptors (Lipinski definition) is 4. The Morgan fingerprint density at radius 1 is 1.18 bits per heavy atom. The van der Waals surface area contributed by atoms with Crippen LogP contribution >= 0.6 is 46.5 Å². The third-order valence-electron chi connectivity index (χ3n) is 4.41. The lowest BCUT2D eigenvalue weighted by atomic mass is 10.1. The molecular weight excluding hydrogens is 433 g/mol. The van der Waals surface area contributed by atoms with E-state index < -0.39 is 0 Å². The number of rotatable bonds is 7. The minimum absolute atomic E-state index is 0.0651. The standard InChI is InChI=1S/C21H21Cl2NO2S2/c1-12-9-15(10-13(2)19(12)23)26-8-4-5-17-16-7-6-14(22)11-18(16)28-20(17)21(25)24-27-3/h6-7,9-11H,4-5,8H2,1-3H3,(H,24,25). The summed E-state index contributed by atoms with van der Waals surface area (Å²) < 4.78 is 9.77. The van der Waals surface area contributed by atoms with Gasteiger partial charge in [-0.25, -0.2) is 0 Å². The van der Waals surface area contributed by atoms with Gasteiger partial charge in [-0.3, -0.25) is 9.52 Å². The average molecular weight is 454 g/mol. The molecule has 0 saturated heterocycles. The molecule has 0 spiro atoms. The van der Waals surface area contributed by atoms with Gasteiger partial charge in [0.05, 0.1) is 11.5 Å². The van der Waals surface area contributed by atoms with E-state index in [2.05, 4.69) is 4.72 Å². The number of thiophene rings is 1. The fourth-order valence-corrected chi connectivity index (χ4v) is 5.01. The fraction of sp³-hybridized carbons (Fsp3) is 0.286. The zero-order chi connectivity index (χ0) is 20.3. The Morgan fingerprint density at radius 3 is 2.57 bits per heavy atom. The molecule has 0 saturated carbocycles. The van der Waals surface area contributed by atoms with Crippen LogP contribution in [0.4, 0.5) is 0 Å². The smallest absolute Gasteiger partial charge is 0.271 e. The van der Waals surface area contributed by atoms with Gasteiger partial charge >= 0.3 is 0 Å². The molecule has 0 bridgehead atoms. The van der Waals surface area contributed by atoms with Crippen molar-refractivity contribution in [2.75, 3.05) is 12.9 Å². The second-order valence-corrected chi connectivity index (χ2v) is 8.99. The predicted molar refractivity (Wildman–Crippen MR) is 123 cm³/mol. The number of hydrogen-bond donors (Lipinski definition) is 1. The molecule has 1 aromatic heterocycles. The Bertz CT molecular complexity index is 994. The summed E-state index contributed by atoms with van der Waals surface area (Å²) in [6.07, 6.45) is 3.39. The Kier molecular flexibility index (Phi) is 7.15. The molecule has 2 aromatic carbocycles. The molecule has 0 aliphatic carbocycles. The lowest BCUT2D eigenvalue weighted by molar-refractivity contribution is 0.0987. The van der Waals surface area contributed by atoms with E-state index in [-0.39, 0.29) is 5.91 Å². The van der Waals surface area contributed by atoms with E-state index in [0.29, 0.717) is 11.6 Å². The molecule has 1 amide bonds. The van der Waals surface area contributed by atoms with E-state index in [1.54, 1.807) is 0 Å². The predicted octanol–water partition coefficient (Wildman–Crippen LogP) is 6.84. The molecule has 0 radical (unpaired) electrons. The highest BCUT2D eigenvalue weighted by Gasteiger charge is 2.18. The van der Waals surface area contributed by atoms with Crippen molar-refractivity contribution in [2.24, 2.45) is 0 Å². The number of benzene rings is 2. The van der Waals surface area contributed by atoms with Gasteiger partial charge in [0.25, 0.3) is 5.91 Å². The van der Waals surface area contributed by atoms with Crippen molar-refractivity contribution in [3.05, 3.63) is 61.9 Å². The lowest BCUT2D eigenvalue weighted by Crippen LogP contribution is -2.15. The number of fused-ring (bicyclic) bond motifs is 1. The maximum atomic E-state index is 12.5. The molecule has 0 aliphatic heterocycles. The van der Waals surface area contributed by atoms with Gasteiger partial charge in [0, 0.05) is 21.0 Å². The minimum Gasteiger partial charge on any atom is -0.494 e. The summed E-state index contributed by atoms with van der Waals surface area (Å²) in [6, 6.07) is 9.68. The molecule has 7 heteroatoms. The molecule has 0 aliphatic rings. The highest BCUT2D eigenvalue weighted by atomic mass is 35.5. The third kappa shape index (κ3) is 4.77. The van der Waals surface area contributed by atoms with Crippen LogP contribution in [0.15, 0.2) is 30.3 Å². The van der Waals surface area contributed by atoms with Gasteiger partial charge in [0.15, 0.2) is 0 Å². The molecule has 1 heterocycles. The largest absolute Gasteiger partial charge is 0.494 e. The number of ether oxygens (including phenoxy) is 1. The van der Waals surface area contributed by atoms with Crippen LogP contribution in [0.5, 0.6) is 5.75 Å². The Labute approximate surface area is 183 Å². The summed E-state index contributed by atoms with van der Waals surface area (Å²) in [5, 5.41) is 2.54. The Morgan fingerprint density at radius 2 is 1.89 bits per heavy atom. The van der Waals surface area contributed by atoms with Crippen LogP contribution in [0.3, 0.4) is 0 Å². The highest BCUT2D eigenvalue weighted by molar-refractivity contribution is 7.97. The number of aryl methyl sites for hydroxylation is 3. The van der Waals surface area contributed by atoms with Gasteiger partial charge in [-0.05, 0) is 73.0 Å². The number of carbonyl (C=O) groups is 1. The summed E-state index contributed by atoms with van der Waals surface area (Å²) in [4.78, 5) is 13.2. The molecular formula is C21H21Cl2NO2S2. The van der Waals surface area contributed by atoms with Crippen molar-refractivity contribution < 1.29 is 9.53 Å². The van der Waals surface area contributed by atoms with Gasteiger partial charge in [-0.1, -0.05) is 41.2 Å². The molecule has 0 unspecified atom stereocenters. The molecule has 0 fully saturated rings. The van der Waals surface area contributed by atoms with Crippen LogP contribution in [-0.2, 0) is 6.42 Å². The quantitative estimate of drug-likeness (QED) is 0.314. The van der Waals surface area contributed by atoms with Gasteiger partial charge in [0.2, 0.25) is 0 Å². The summed E-state index contributed by atoms with van der Waals surface area (Å²) in [5.41, 5.74) is 3.07. The topological polar surface area (TPSA) is 38.3 Å². The Hall–Kier alpha value is -1.40. The zero-order valence-corrected chi connectivity index (χ0v) is 19.0. The zero-order valence-electron chi connectivity index (χ0n) is 15.9. The number of amides is 1. The van der Waals surface area contributed by atoms with Crippen LogP contribution in [0.2, 0.25) is 10.0 Å². The summed E-state index contributed by atoms with van der Waals surface area (Å²) in [5.74, 6) is 0.756. The molecule has 148 valence electrons. The van der Waals surface area contributed by atoms with Crippen LogP contribution in [0.25, 0.3) is 10.1 Å². The first-order valence-corrected chi connectivity index (χ1v) is 11.6. The highest BCUT2D eigenvalue weighted by Crippen LogP contribution is 2.34. The lowest BCUT2D eigenvalue weighted by Gasteiger charge is -2.10. The third-order valence-corrected chi connectivity index (χ3v) is 6.82. The number of halogens is 2. The normalized spacial score (nSPS) is 11.0. The van der Waals surface area contributed by atoms with Gasteiger partial charge in [0.1, 0.15) is 5.75 Å². The minimum atomic E-state index is -0.0651. The molecule has 3 nitrogen and oxygen atoms in total.